The number of piperidine rings is 1. The molecule has 2 saturated heterocycles. The number of benzene rings is 1. The van der Waals surface area contributed by atoms with E-state index in [9.17, 15) is 24.3 Å². The highest BCUT2D eigenvalue weighted by molar-refractivity contribution is 6.00. The van der Waals surface area contributed by atoms with Crippen LogP contribution in [0.15, 0.2) is 27.4 Å². The molecule has 196 valence electrons. The zero-order valence-electron chi connectivity index (χ0n) is 21.0. The van der Waals surface area contributed by atoms with Crippen LogP contribution in [-0.2, 0) is 20.7 Å². The summed E-state index contributed by atoms with van der Waals surface area (Å²) < 4.78 is 12.8. The quantitative estimate of drug-likeness (QED) is 0.549. The summed E-state index contributed by atoms with van der Waals surface area (Å²) in [5, 5.41) is 11.9. The van der Waals surface area contributed by atoms with Gasteiger partial charge in [0.1, 0.15) is 6.04 Å². The number of imide groups is 1. The molecule has 3 heterocycles. The predicted molar refractivity (Wildman–Crippen MR) is 131 cm³/mol. The van der Waals surface area contributed by atoms with Crippen LogP contribution in [0.2, 0.25) is 0 Å². The summed E-state index contributed by atoms with van der Waals surface area (Å²) >= 11 is 0. The highest BCUT2D eigenvalue weighted by Gasteiger charge is 2.32. The van der Waals surface area contributed by atoms with E-state index in [1.807, 2.05) is 32.9 Å². The zero-order valence-corrected chi connectivity index (χ0v) is 21.0. The van der Waals surface area contributed by atoms with Crippen LogP contribution < -0.4 is 11.1 Å². The molecule has 0 aliphatic carbocycles. The molecule has 2 fully saturated rings. The van der Waals surface area contributed by atoms with Crippen LogP contribution in [0.25, 0.3) is 11.1 Å². The van der Waals surface area contributed by atoms with E-state index < -0.39 is 29.3 Å². The van der Waals surface area contributed by atoms with Crippen LogP contribution in [0.5, 0.6) is 0 Å². The van der Waals surface area contributed by atoms with E-state index >= 15 is 0 Å². The molecule has 0 bridgehead atoms. The molecule has 1 unspecified atom stereocenters. The molecule has 11 heteroatoms. The molecule has 3 amide bonds. The van der Waals surface area contributed by atoms with Gasteiger partial charge in [0.05, 0.1) is 24.8 Å². The fourth-order valence-electron chi connectivity index (χ4n) is 4.96. The first-order chi connectivity index (χ1) is 17.0. The van der Waals surface area contributed by atoms with Crippen molar-refractivity contribution in [3.8, 4) is 0 Å². The molecular weight excluding hydrogens is 468 g/mol. The van der Waals surface area contributed by atoms with Crippen LogP contribution in [0.4, 0.5) is 4.79 Å². The van der Waals surface area contributed by atoms with Gasteiger partial charge >= 0.3 is 11.8 Å². The fraction of sp³-hybridized carbons (Fsp3) is 0.600. The summed E-state index contributed by atoms with van der Waals surface area (Å²) in [6, 6.07) is 4.74. The number of aryl methyl sites for hydroxylation is 1. The minimum atomic E-state index is -0.956. The molecule has 36 heavy (non-hydrogen) atoms. The number of oxazole rings is 1. The summed E-state index contributed by atoms with van der Waals surface area (Å²) in [5.74, 6) is -1.43. The van der Waals surface area contributed by atoms with E-state index in [4.69, 9.17) is 9.15 Å². The van der Waals surface area contributed by atoms with E-state index in [2.05, 4.69) is 10.2 Å². The number of aromatic nitrogens is 1. The minimum Gasteiger partial charge on any atom is -0.465 e. The van der Waals surface area contributed by atoms with Crippen molar-refractivity contribution < 1.29 is 28.6 Å². The van der Waals surface area contributed by atoms with E-state index in [0.29, 0.717) is 37.2 Å². The summed E-state index contributed by atoms with van der Waals surface area (Å²) in [7, 11) is 0. The van der Waals surface area contributed by atoms with E-state index in [0.717, 1.165) is 25.1 Å². The Morgan fingerprint density at radius 3 is 2.72 bits per heavy atom. The number of carbonyl (C=O) groups is 3. The molecule has 2 aromatic rings. The number of amides is 3. The largest absolute Gasteiger partial charge is 0.465 e. The lowest BCUT2D eigenvalue weighted by Gasteiger charge is -2.39. The summed E-state index contributed by atoms with van der Waals surface area (Å²) in [4.78, 5) is 51.8. The number of morpholine rings is 1. The number of hydrogen-bond acceptors (Lipinski definition) is 7. The van der Waals surface area contributed by atoms with Crippen molar-refractivity contribution in [1.29, 1.82) is 0 Å². The van der Waals surface area contributed by atoms with E-state index in [1.165, 1.54) is 9.47 Å². The number of hydrogen-bond donors (Lipinski definition) is 2. The molecule has 1 aromatic heterocycles. The molecule has 2 aliphatic heterocycles. The molecule has 0 saturated carbocycles. The van der Waals surface area contributed by atoms with Crippen molar-refractivity contribution >= 4 is 29.0 Å². The van der Waals surface area contributed by atoms with Crippen molar-refractivity contribution in [1.82, 2.24) is 19.7 Å². The Morgan fingerprint density at radius 2 is 2.03 bits per heavy atom. The van der Waals surface area contributed by atoms with Crippen LogP contribution in [0, 0.1) is 0 Å². The number of fused-ring (bicyclic) bond motifs is 1. The normalized spacial score (nSPS) is 21.5. The van der Waals surface area contributed by atoms with Crippen molar-refractivity contribution in [3.05, 3.63) is 34.3 Å². The minimum absolute atomic E-state index is 0.176. The molecular formula is C25H34N4O7. The van der Waals surface area contributed by atoms with Gasteiger partial charge in [-0.25, -0.2) is 9.59 Å². The Kier molecular flexibility index (Phi) is 7.51. The van der Waals surface area contributed by atoms with Crippen molar-refractivity contribution in [2.75, 3.05) is 32.8 Å². The van der Waals surface area contributed by atoms with Gasteiger partial charge in [-0.3, -0.25) is 24.4 Å². The maximum atomic E-state index is 12.6. The van der Waals surface area contributed by atoms with Crippen LogP contribution in [0.1, 0.15) is 51.6 Å². The average molecular weight is 503 g/mol. The first-order valence-corrected chi connectivity index (χ1v) is 12.4. The Bertz CT molecular complexity index is 1200. The lowest BCUT2D eigenvalue weighted by Crippen LogP contribution is -2.53. The fourth-order valence-corrected chi connectivity index (χ4v) is 4.96. The van der Waals surface area contributed by atoms with Crippen molar-refractivity contribution in [2.24, 2.45) is 0 Å². The number of ether oxygens (including phenoxy) is 1. The Morgan fingerprint density at radius 1 is 1.25 bits per heavy atom. The van der Waals surface area contributed by atoms with Crippen LogP contribution in [0.3, 0.4) is 0 Å². The first-order valence-electron chi connectivity index (χ1n) is 12.4. The van der Waals surface area contributed by atoms with Gasteiger partial charge in [-0.05, 0) is 58.2 Å². The smallest absolute Gasteiger partial charge is 0.420 e. The highest BCUT2D eigenvalue weighted by Crippen LogP contribution is 2.26. The van der Waals surface area contributed by atoms with Gasteiger partial charge in [0.2, 0.25) is 11.8 Å². The standard InChI is InChI=1S/C25H34N4O7/c1-25(2,3)28(23(32)33)15-17-14-27(12-13-35-17)11-5-7-16-6-4-8-18-21(16)36-24(34)29(18)19-9-10-20(30)26-22(19)31/h4,6,8,17,19H,5,7,9-15H2,1-3H3,(H,32,33)(H,26,30,31)/t17-,19?/m1/s1. The number of nitrogens with one attached hydrogen (secondary N) is 1. The molecule has 2 N–H and O–H groups in total. The van der Waals surface area contributed by atoms with Gasteiger partial charge in [-0.2, -0.15) is 0 Å². The lowest BCUT2D eigenvalue weighted by molar-refractivity contribution is -0.135. The predicted octanol–water partition coefficient (Wildman–Crippen LogP) is 1.98. The van der Waals surface area contributed by atoms with Crippen LogP contribution in [-0.4, -0.2) is 81.8 Å². The van der Waals surface area contributed by atoms with Gasteiger partial charge in [0.15, 0.2) is 5.58 Å². The number of para-hydroxylation sites is 1. The van der Waals surface area contributed by atoms with Gasteiger partial charge in [-0.1, -0.05) is 12.1 Å². The molecule has 2 aliphatic rings. The van der Waals surface area contributed by atoms with Gasteiger partial charge in [0.25, 0.3) is 0 Å². The Hall–Kier alpha value is -3.18. The Labute approximate surface area is 209 Å². The highest BCUT2D eigenvalue weighted by atomic mass is 16.5. The average Bonchev–Trinajstić information content (AvgIpc) is 3.13. The molecule has 1 aromatic carbocycles. The number of nitrogens with zero attached hydrogens (tertiary/aromatic N) is 3. The molecule has 4 rings (SSSR count). The molecule has 2 atom stereocenters. The third-order valence-corrected chi connectivity index (χ3v) is 6.81. The second-order valence-electron chi connectivity index (χ2n) is 10.4. The Balaban J connectivity index is 1.39. The van der Waals surface area contributed by atoms with Crippen LogP contribution >= 0.6 is 0 Å². The van der Waals surface area contributed by atoms with Crippen molar-refractivity contribution in [3.63, 3.8) is 0 Å². The van der Waals surface area contributed by atoms with Gasteiger partial charge in [-0.15, -0.1) is 0 Å². The zero-order chi connectivity index (χ0) is 26.0. The molecule has 11 nitrogen and oxygen atoms in total. The van der Waals surface area contributed by atoms with Crippen molar-refractivity contribution in [2.45, 2.75) is 64.1 Å². The first kappa shape index (κ1) is 25.9. The number of carboxylic acid groups (broad SMARTS) is 1. The maximum absolute atomic E-state index is 12.6. The summed E-state index contributed by atoms with van der Waals surface area (Å²) in [6.45, 7) is 8.66. The monoisotopic (exact) mass is 502 g/mol. The number of rotatable bonds is 7. The maximum Gasteiger partial charge on any atom is 0.420 e. The topological polar surface area (TPSA) is 134 Å². The summed E-state index contributed by atoms with van der Waals surface area (Å²) in [6.07, 6.45) is 0.762. The summed E-state index contributed by atoms with van der Waals surface area (Å²) in [5.41, 5.74) is 1.39. The lowest BCUT2D eigenvalue weighted by atomic mass is 10.0. The van der Waals surface area contributed by atoms with E-state index in [-0.39, 0.29) is 24.9 Å². The molecule has 0 radical (unpaired) electrons. The van der Waals surface area contributed by atoms with Gasteiger partial charge in [0, 0.05) is 25.0 Å². The van der Waals surface area contributed by atoms with Gasteiger partial charge < -0.3 is 19.2 Å². The third-order valence-electron chi connectivity index (χ3n) is 6.81. The third kappa shape index (κ3) is 5.62. The SMILES string of the molecule is CC(C)(C)N(C[C@H]1CN(CCCc2cccc3c2oc(=O)n3C2CCC(=O)NC2=O)CCO1)C(=O)O. The number of carbonyl (C=O) groups excluding carboxylic acids is 2. The second-order valence-corrected chi connectivity index (χ2v) is 10.4. The van der Waals surface area contributed by atoms with E-state index in [1.54, 1.807) is 6.07 Å². The second kappa shape index (κ2) is 10.4. The molecule has 0 spiro atoms.